The molecule has 2 amide bonds. The SMILES string of the molecule is CN(C)c1n[nH]c(CNC(=O)N2C[C@]3(C)COC[C@]3(C)C2)n1. The highest BCUT2D eigenvalue weighted by molar-refractivity contribution is 5.74. The third-order valence-corrected chi connectivity index (χ3v) is 4.99. The van der Waals surface area contributed by atoms with Crippen LogP contribution in [0.25, 0.3) is 0 Å². The zero-order valence-electron chi connectivity index (χ0n) is 13.6. The number of urea groups is 1. The average Bonchev–Trinajstić information content (AvgIpc) is 3.07. The number of nitrogens with one attached hydrogen (secondary N) is 2. The smallest absolute Gasteiger partial charge is 0.317 e. The van der Waals surface area contributed by atoms with Crippen molar-refractivity contribution in [3.63, 3.8) is 0 Å². The summed E-state index contributed by atoms with van der Waals surface area (Å²) < 4.78 is 5.61. The zero-order chi connectivity index (χ0) is 16.0. The number of aromatic amines is 1. The number of H-pyrrole nitrogens is 1. The Morgan fingerprint density at radius 3 is 2.55 bits per heavy atom. The first-order valence-corrected chi connectivity index (χ1v) is 7.52. The molecule has 1 aromatic rings. The van der Waals surface area contributed by atoms with Gasteiger partial charge >= 0.3 is 6.03 Å². The molecule has 0 unspecified atom stereocenters. The molecular weight excluding hydrogens is 284 g/mol. The van der Waals surface area contributed by atoms with E-state index in [1.807, 2.05) is 23.9 Å². The Labute approximate surface area is 130 Å². The number of anilines is 1. The van der Waals surface area contributed by atoms with Crippen LogP contribution in [0.3, 0.4) is 0 Å². The average molecular weight is 308 g/mol. The second-order valence-electron chi connectivity index (χ2n) is 7.11. The minimum atomic E-state index is -0.0559. The number of rotatable bonds is 3. The van der Waals surface area contributed by atoms with Gasteiger partial charge in [0.2, 0.25) is 5.95 Å². The van der Waals surface area contributed by atoms with Crippen molar-refractivity contribution in [2.24, 2.45) is 10.8 Å². The number of carbonyl (C=O) groups excluding carboxylic acids is 1. The summed E-state index contributed by atoms with van der Waals surface area (Å²) in [7, 11) is 3.75. The molecule has 22 heavy (non-hydrogen) atoms. The van der Waals surface area contributed by atoms with E-state index in [4.69, 9.17) is 4.74 Å². The van der Waals surface area contributed by atoms with Gasteiger partial charge in [-0.25, -0.2) is 4.79 Å². The maximum absolute atomic E-state index is 12.4. The van der Waals surface area contributed by atoms with Crippen molar-refractivity contribution in [1.82, 2.24) is 25.4 Å². The second-order valence-corrected chi connectivity index (χ2v) is 7.11. The summed E-state index contributed by atoms with van der Waals surface area (Å²) in [5, 5.41) is 9.81. The number of ether oxygens (including phenoxy) is 1. The number of hydrogen-bond acceptors (Lipinski definition) is 5. The summed E-state index contributed by atoms with van der Waals surface area (Å²) in [5.41, 5.74) is 0.101. The summed E-state index contributed by atoms with van der Waals surface area (Å²) >= 11 is 0. The van der Waals surface area contributed by atoms with Crippen molar-refractivity contribution in [2.45, 2.75) is 20.4 Å². The molecule has 2 saturated heterocycles. The van der Waals surface area contributed by atoms with Gasteiger partial charge in [-0.3, -0.25) is 5.10 Å². The molecule has 2 aliphatic rings. The molecule has 122 valence electrons. The molecule has 0 radical (unpaired) electrons. The predicted molar refractivity (Wildman–Crippen MR) is 81.6 cm³/mol. The molecule has 8 nitrogen and oxygen atoms in total. The fourth-order valence-electron chi connectivity index (χ4n) is 3.20. The predicted octanol–water partition coefficient (Wildman–Crippen LogP) is 0.439. The van der Waals surface area contributed by atoms with E-state index in [0.29, 0.717) is 18.3 Å². The summed E-state index contributed by atoms with van der Waals surface area (Å²) in [6.45, 7) is 7.66. The first-order chi connectivity index (χ1) is 10.3. The molecule has 0 spiro atoms. The summed E-state index contributed by atoms with van der Waals surface area (Å²) in [5.74, 6) is 1.26. The Hall–Kier alpha value is -1.83. The van der Waals surface area contributed by atoms with E-state index < -0.39 is 0 Å². The number of hydrogen-bond donors (Lipinski definition) is 2. The first kappa shape index (κ1) is 15.1. The van der Waals surface area contributed by atoms with Crippen molar-refractivity contribution in [3.8, 4) is 0 Å². The van der Waals surface area contributed by atoms with E-state index in [2.05, 4.69) is 34.3 Å². The number of fused-ring (bicyclic) bond motifs is 1. The summed E-state index contributed by atoms with van der Waals surface area (Å²) in [4.78, 5) is 20.4. The van der Waals surface area contributed by atoms with Crippen LogP contribution in [0.15, 0.2) is 0 Å². The number of carbonyl (C=O) groups is 1. The molecule has 3 rings (SSSR count). The van der Waals surface area contributed by atoms with Gasteiger partial charge in [-0.2, -0.15) is 4.98 Å². The minimum absolute atomic E-state index is 0.0503. The van der Waals surface area contributed by atoms with Gasteiger partial charge in [-0.05, 0) is 0 Å². The van der Waals surface area contributed by atoms with Crippen LogP contribution in [0.4, 0.5) is 10.7 Å². The summed E-state index contributed by atoms with van der Waals surface area (Å²) in [6, 6.07) is -0.0559. The minimum Gasteiger partial charge on any atom is -0.380 e. The van der Waals surface area contributed by atoms with Gasteiger partial charge in [0, 0.05) is 38.0 Å². The van der Waals surface area contributed by atoms with Crippen molar-refractivity contribution in [2.75, 3.05) is 45.3 Å². The largest absolute Gasteiger partial charge is 0.380 e. The van der Waals surface area contributed by atoms with Gasteiger partial charge < -0.3 is 19.9 Å². The maximum atomic E-state index is 12.4. The Kier molecular flexibility index (Phi) is 3.51. The van der Waals surface area contributed by atoms with Crippen LogP contribution >= 0.6 is 0 Å². The molecule has 0 bridgehead atoms. The lowest BCUT2D eigenvalue weighted by Crippen LogP contribution is -2.40. The van der Waals surface area contributed by atoms with Crippen LogP contribution in [0.2, 0.25) is 0 Å². The molecule has 2 aliphatic heterocycles. The van der Waals surface area contributed by atoms with Crippen LogP contribution in [0, 0.1) is 10.8 Å². The van der Waals surface area contributed by atoms with Crippen LogP contribution in [0.1, 0.15) is 19.7 Å². The Morgan fingerprint density at radius 2 is 2.00 bits per heavy atom. The Morgan fingerprint density at radius 1 is 1.36 bits per heavy atom. The van der Waals surface area contributed by atoms with E-state index >= 15 is 0 Å². The van der Waals surface area contributed by atoms with Crippen molar-refractivity contribution in [1.29, 1.82) is 0 Å². The molecular formula is C14H24N6O2. The van der Waals surface area contributed by atoms with Gasteiger partial charge in [0.15, 0.2) is 0 Å². The standard InChI is InChI=1S/C14H24N6O2/c1-13-6-20(7-14(13,2)9-22-8-13)12(21)15-5-10-16-11(18-17-10)19(3)4/h5-9H2,1-4H3,(H,15,21)(H,16,17,18)/t13-,14+. The summed E-state index contributed by atoms with van der Waals surface area (Å²) in [6.07, 6.45) is 0. The number of aromatic nitrogens is 3. The Bertz CT molecular complexity index is 555. The number of likely N-dealkylation sites (tertiary alicyclic amines) is 1. The van der Waals surface area contributed by atoms with Gasteiger partial charge in [0.25, 0.3) is 0 Å². The lowest BCUT2D eigenvalue weighted by molar-refractivity contribution is 0.133. The first-order valence-electron chi connectivity index (χ1n) is 7.52. The fourth-order valence-corrected chi connectivity index (χ4v) is 3.20. The lowest BCUT2D eigenvalue weighted by Gasteiger charge is -2.29. The van der Waals surface area contributed by atoms with E-state index in [1.54, 1.807) is 0 Å². The quantitative estimate of drug-likeness (QED) is 0.846. The third-order valence-electron chi connectivity index (χ3n) is 4.99. The van der Waals surface area contributed by atoms with Crippen molar-refractivity contribution >= 4 is 12.0 Å². The van der Waals surface area contributed by atoms with Crippen LogP contribution < -0.4 is 10.2 Å². The molecule has 1 aromatic heterocycles. The maximum Gasteiger partial charge on any atom is 0.317 e. The lowest BCUT2D eigenvalue weighted by atomic mass is 9.71. The van der Waals surface area contributed by atoms with E-state index in [1.165, 1.54) is 0 Å². The highest BCUT2D eigenvalue weighted by Crippen LogP contribution is 2.50. The molecule has 0 aliphatic carbocycles. The van der Waals surface area contributed by atoms with E-state index in [-0.39, 0.29) is 16.9 Å². The molecule has 0 saturated carbocycles. The van der Waals surface area contributed by atoms with Crippen molar-refractivity contribution in [3.05, 3.63) is 5.82 Å². The second kappa shape index (κ2) is 5.12. The fraction of sp³-hybridized carbons (Fsp3) is 0.786. The normalized spacial score (nSPS) is 30.5. The third kappa shape index (κ3) is 2.41. The van der Waals surface area contributed by atoms with Crippen LogP contribution in [-0.4, -0.2) is 66.5 Å². The highest BCUT2D eigenvalue weighted by atomic mass is 16.5. The topological polar surface area (TPSA) is 86.4 Å². The molecule has 3 heterocycles. The molecule has 2 atom stereocenters. The number of amides is 2. The van der Waals surface area contributed by atoms with Gasteiger partial charge in [0.05, 0.1) is 19.8 Å². The van der Waals surface area contributed by atoms with E-state index in [9.17, 15) is 4.79 Å². The van der Waals surface area contributed by atoms with Gasteiger partial charge in [0.1, 0.15) is 5.82 Å². The zero-order valence-corrected chi connectivity index (χ0v) is 13.6. The van der Waals surface area contributed by atoms with Gasteiger partial charge in [-0.15, -0.1) is 5.10 Å². The van der Waals surface area contributed by atoms with Crippen molar-refractivity contribution < 1.29 is 9.53 Å². The molecule has 8 heteroatoms. The Balaban J connectivity index is 1.57. The molecule has 2 N–H and O–H groups in total. The van der Waals surface area contributed by atoms with Gasteiger partial charge in [-0.1, -0.05) is 13.8 Å². The monoisotopic (exact) mass is 308 g/mol. The molecule has 0 aromatic carbocycles. The van der Waals surface area contributed by atoms with E-state index in [0.717, 1.165) is 26.3 Å². The highest BCUT2D eigenvalue weighted by Gasteiger charge is 2.56. The number of nitrogens with zero attached hydrogens (tertiary/aromatic N) is 4. The molecule has 2 fully saturated rings. The van der Waals surface area contributed by atoms with Crippen LogP contribution in [-0.2, 0) is 11.3 Å². The van der Waals surface area contributed by atoms with Crippen LogP contribution in [0.5, 0.6) is 0 Å².